The van der Waals surface area contributed by atoms with Crippen molar-refractivity contribution in [1.82, 2.24) is 4.31 Å². The van der Waals surface area contributed by atoms with Crippen molar-refractivity contribution in [2.24, 2.45) is 0 Å². The minimum atomic E-state index is -3.40. The number of sulfonamides is 1. The van der Waals surface area contributed by atoms with E-state index in [4.69, 9.17) is 9.47 Å². The molecule has 0 saturated carbocycles. The molecule has 0 radical (unpaired) electrons. The molecule has 1 unspecified atom stereocenters. The number of ether oxygens (including phenoxy) is 2. The monoisotopic (exact) mass is 383 g/mol. The summed E-state index contributed by atoms with van der Waals surface area (Å²) in [4.78, 5) is 11.9. The second-order valence-corrected chi connectivity index (χ2v) is 9.40. The third-order valence-electron chi connectivity index (χ3n) is 4.66. The average Bonchev–Trinajstić information content (AvgIpc) is 2.59. The van der Waals surface area contributed by atoms with Crippen LogP contribution >= 0.6 is 0 Å². The van der Waals surface area contributed by atoms with E-state index in [1.807, 2.05) is 20.8 Å². The summed E-state index contributed by atoms with van der Waals surface area (Å²) in [7, 11) is -2.07. The molecular weight excluding hydrogens is 354 g/mol. The van der Waals surface area contributed by atoms with E-state index in [9.17, 15) is 13.2 Å². The van der Waals surface area contributed by atoms with Crippen molar-refractivity contribution < 1.29 is 22.7 Å². The summed E-state index contributed by atoms with van der Waals surface area (Å²) >= 11 is 0. The van der Waals surface area contributed by atoms with Gasteiger partial charge in [-0.25, -0.2) is 13.2 Å². The summed E-state index contributed by atoms with van der Waals surface area (Å²) in [6.07, 6.45) is 2.20. The second-order valence-electron chi connectivity index (χ2n) is 7.19. The molecule has 0 bridgehead atoms. The summed E-state index contributed by atoms with van der Waals surface area (Å²) in [5.41, 5.74) is 0.613. The predicted octanol–water partition coefficient (Wildman–Crippen LogP) is 3.53. The Labute approximate surface area is 156 Å². The minimum absolute atomic E-state index is 0.0422. The van der Waals surface area contributed by atoms with Crippen LogP contribution in [0.15, 0.2) is 18.2 Å². The van der Waals surface area contributed by atoms with E-state index in [0.29, 0.717) is 24.3 Å². The molecule has 1 aliphatic heterocycles. The molecule has 1 aromatic carbocycles. The van der Waals surface area contributed by atoms with Gasteiger partial charge in [0, 0.05) is 18.5 Å². The zero-order valence-corrected chi connectivity index (χ0v) is 17.1. The minimum Gasteiger partial charge on any atom is -0.487 e. The van der Waals surface area contributed by atoms with Gasteiger partial charge in [-0.3, -0.25) is 0 Å². The van der Waals surface area contributed by atoms with E-state index in [0.717, 1.165) is 18.4 Å². The van der Waals surface area contributed by atoms with Crippen LogP contribution in [0, 0.1) is 0 Å². The molecule has 2 rings (SSSR count). The van der Waals surface area contributed by atoms with E-state index < -0.39 is 21.6 Å². The van der Waals surface area contributed by atoms with Crippen LogP contribution in [0.1, 0.15) is 68.9 Å². The van der Waals surface area contributed by atoms with Crippen molar-refractivity contribution in [2.75, 3.05) is 19.4 Å². The summed E-state index contributed by atoms with van der Waals surface area (Å²) in [5, 5.41) is 0. The molecule has 0 N–H and O–H groups in total. The highest BCUT2D eigenvalue weighted by Crippen LogP contribution is 2.44. The number of carbonyl (C=O) groups excluding carboxylic acids is 1. The first-order valence-corrected chi connectivity index (χ1v) is 10.7. The van der Waals surface area contributed by atoms with E-state index in [1.165, 1.54) is 7.11 Å². The molecule has 0 spiro atoms. The van der Waals surface area contributed by atoms with Gasteiger partial charge in [0.25, 0.3) is 0 Å². The normalized spacial score (nSPS) is 18.9. The Hall–Kier alpha value is -1.60. The van der Waals surface area contributed by atoms with Gasteiger partial charge in [0.05, 0.1) is 24.5 Å². The fourth-order valence-corrected chi connectivity index (χ4v) is 4.60. The van der Waals surface area contributed by atoms with Crippen LogP contribution in [0.5, 0.6) is 5.75 Å². The van der Waals surface area contributed by atoms with Crippen LogP contribution in [-0.4, -0.2) is 43.7 Å². The van der Waals surface area contributed by atoms with Crippen molar-refractivity contribution >= 4 is 16.0 Å². The number of rotatable bonds is 7. The molecule has 146 valence electrons. The summed E-state index contributed by atoms with van der Waals surface area (Å²) in [5.74, 6) is 0.210. The topological polar surface area (TPSA) is 72.9 Å². The summed E-state index contributed by atoms with van der Waals surface area (Å²) in [6.45, 7) is 8.05. The lowest BCUT2D eigenvalue weighted by molar-refractivity contribution is 0.0497. The van der Waals surface area contributed by atoms with Gasteiger partial charge in [-0.2, -0.15) is 4.31 Å². The number of methoxy groups -OCH3 is 1. The first-order chi connectivity index (χ1) is 12.1. The van der Waals surface area contributed by atoms with Crippen molar-refractivity contribution in [3.63, 3.8) is 0 Å². The Kier molecular flexibility index (Phi) is 6.34. The highest BCUT2D eigenvalue weighted by atomic mass is 32.2. The van der Waals surface area contributed by atoms with Gasteiger partial charge in [0.1, 0.15) is 11.4 Å². The quantitative estimate of drug-likeness (QED) is 0.674. The van der Waals surface area contributed by atoms with Gasteiger partial charge in [0.2, 0.25) is 10.0 Å². The zero-order valence-electron chi connectivity index (χ0n) is 16.2. The van der Waals surface area contributed by atoms with E-state index >= 15 is 0 Å². The standard InChI is InChI=1S/C19H29NO5S/c1-6-8-11-20(26(22,23)7-2)16-13-19(3,4)25-17-10-9-14(12-15(16)17)18(21)24-5/h9-10,12,16H,6-8,11,13H2,1-5H3. The van der Waals surface area contributed by atoms with Gasteiger partial charge >= 0.3 is 5.97 Å². The maximum absolute atomic E-state index is 12.8. The number of carbonyl (C=O) groups is 1. The average molecular weight is 384 g/mol. The zero-order chi connectivity index (χ0) is 19.5. The van der Waals surface area contributed by atoms with Crippen molar-refractivity contribution in [1.29, 1.82) is 0 Å². The molecule has 1 heterocycles. The maximum atomic E-state index is 12.8. The predicted molar refractivity (Wildman–Crippen MR) is 101 cm³/mol. The Morgan fingerprint density at radius 3 is 2.62 bits per heavy atom. The fraction of sp³-hybridized carbons (Fsp3) is 0.632. The van der Waals surface area contributed by atoms with E-state index in [1.54, 1.807) is 29.4 Å². The summed E-state index contributed by atoms with van der Waals surface area (Å²) in [6, 6.07) is 4.71. The van der Waals surface area contributed by atoms with Crippen LogP contribution in [0.3, 0.4) is 0 Å². The molecule has 1 atom stereocenters. The van der Waals surface area contributed by atoms with E-state index in [-0.39, 0.29) is 11.8 Å². The van der Waals surface area contributed by atoms with Gasteiger partial charge in [0.15, 0.2) is 0 Å². The lowest BCUT2D eigenvalue weighted by Gasteiger charge is -2.42. The SMILES string of the molecule is CCCCN(C1CC(C)(C)Oc2ccc(C(=O)OC)cc21)S(=O)(=O)CC. The van der Waals surface area contributed by atoms with Gasteiger partial charge in [-0.1, -0.05) is 13.3 Å². The molecule has 0 fully saturated rings. The first-order valence-electron chi connectivity index (χ1n) is 9.06. The number of nitrogens with zero attached hydrogens (tertiary/aromatic N) is 1. The molecule has 0 amide bonds. The number of fused-ring (bicyclic) bond motifs is 1. The first kappa shape index (κ1) is 20.7. The summed E-state index contributed by atoms with van der Waals surface area (Å²) < 4.78 is 38.0. The molecule has 26 heavy (non-hydrogen) atoms. The van der Waals surface area contributed by atoms with E-state index in [2.05, 4.69) is 0 Å². The van der Waals surface area contributed by atoms with Crippen molar-refractivity contribution in [2.45, 2.75) is 58.6 Å². The van der Waals surface area contributed by atoms with Crippen molar-refractivity contribution in [3.05, 3.63) is 29.3 Å². The van der Waals surface area contributed by atoms with Crippen LogP contribution < -0.4 is 4.74 Å². The molecular formula is C19H29NO5S. The Balaban J connectivity index is 2.57. The fourth-order valence-electron chi connectivity index (χ4n) is 3.29. The lowest BCUT2D eigenvalue weighted by Crippen LogP contribution is -2.44. The van der Waals surface area contributed by atoms with Gasteiger partial charge < -0.3 is 9.47 Å². The number of esters is 1. The van der Waals surface area contributed by atoms with Crippen LogP contribution in [0.4, 0.5) is 0 Å². The largest absolute Gasteiger partial charge is 0.487 e. The number of hydrogen-bond donors (Lipinski definition) is 0. The van der Waals surface area contributed by atoms with Crippen LogP contribution in [0.2, 0.25) is 0 Å². The molecule has 1 aliphatic rings. The number of benzene rings is 1. The van der Waals surface area contributed by atoms with Crippen LogP contribution in [0.25, 0.3) is 0 Å². The van der Waals surface area contributed by atoms with Crippen LogP contribution in [-0.2, 0) is 14.8 Å². The maximum Gasteiger partial charge on any atom is 0.337 e. The molecule has 7 heteroatoms. The Bertz CT molecular complexity index is 757. The highest BCUT2D eigenvalue weighted by Gasteiger charge is 2.40. The lowest BCUT2D eigenvalue weighted by atomic mass is 9.88. The Morgan fingerprint density at radius 2 is 2.04 bits per heavy atom. The molecule has 1 aromatic rings. The van der Waals surface area contributed by atoms with Crippen molar-refractivity contribution in [3.8, 4) is 5.75 Å². The highest BCUT2D eigenvalue weighted by molar-refractivity contribution is 7.89. The van der Waals surface area contributed by atoms with Gasteiger partial charge in [-0.05, 0) is 45.4 Å². The molecule has 0 aromatic heterocycles. The molecule has 6 nitrogen and oxygen atoms in total. The smallest absolute Gasteiger partial charge is 0.337 e. The molecule has 0 saturated heterocycles. The third-order valence-corrected chi connectivity index (χ3v) is 6.54. The molecule has 0 aliphatic carbocycles. The third kappa shape index (κ3) is 4.38. The number of unbranched alkanes of at least 4 members (excludes halogenated alkanes) is 1. The van der Waals surface area contributed by atoms with Gasteiger partial charge in [-0.15, -0.1) is 0 Å². The second kappa shape index (κ2) is 7.96. The number of hydrogen-bond acceptors (Lipinski definition) is 5. The Morgan fingerprint density at radius 1 is 1.35 bits per heavy atom.